The number of carbonyl (C=O) groups excluding carboxylic acids is 2. The molecule has 0 bridgehead atoms. The first kappa shape index (κ1) is 27.2. The van der Waals surface area contributed by atoms with Crippen LogP contribution in [0.1, 0.15) is 53.5 Å². The van der Waals surface area contributed by atoms with Crippen LogP contribution in [0.25, 0.3) is 0 Å². The lowest BCUT2D eigenvalue weighted by molar-refractivity contribution is 0.0182. The van der Waals surface area contributed by atoms with Crippen molar-refractivity contribution in [2.75, 3.05) is 20.1 Å². The molecule has 2 amide bonds. The number of benzene rings is 1. The summed E-state index contributed by atoms with van der Waals surface area (Å²) in [5.74, 6) is 0. The van der Waals surface area contributed by atoms with Gasteiger partial charge < -0.3 is 23.7 Å². The molecule has 0 spiro atoms. The van der Waals surface area contributed by atoms with Crippen molar-refractivity contribution in [2.45, 2.75) is 90.4 Å². The maximum Gasteiger partial charge on any atom is 0.410 e. The van der Waals surface area contributed by atoms with E-state index in [1.807, 2.05) is 51.1 Å². The molecule has 8 heteroatoms. The zero-order valence-electron chi connectivity index (χ0n) is 21.8. The van der Waals surface area contributed by atoms with Crippen molar-refractivity contribution >= 4 is 20.5 Å². The summed E-state index contributed by atoms with van der Waals surface area (Å²) in [7, 11) is -0.310. The summed E-state index contributed by atoms with van der Waals surface area (Å²) in [6, 6.07) is 9.36. The van der Waals surface area contributed by atoms with Crippen molar-refractivity contribution < 1.29 is 23.5 Å². The SMILES string of the molecule is CN(C[C@@H]1C[C@@H](O[Si](C)(C)C(C)(C)C)CN1C(=O)OC(C)(C)C)C(=O)OCc1ccccc1. The van der Waals surface area contributed by atoms with Gasteiger partial charge in [0, 0.05) is 20.1 Å². The second kappa shape index (κ2) is 10.5. The largest absolute Gasteiger partial charge is 0.445 e. The predicted octanol–water partition coefficient (Wildman–Crippen LogP) is 5.65. The van der Waals surface area contributed by atoms with E-state index in [0.29, 0.717) is 19.5 Å². The van der Waals surface area contributed by atoms with Gasteiger partial charge in [0.15, 0.2) is 8.32 Å². The van der Waals surface area contributed by atoms with E-state index in [1.165, 1.54) is 4.90 Å². The highest BCUT2D eigenvalue weighted by Crippen LogP contribution is 2.39. The van der Waals surface area contributed by atoms with Crippen molar-refractivity contribution in [1.29, 1.82) is 0 Å². The normalized spacial score (nSPS) is 19.4. The average molecular weight is 479 g/mol. The Bertz CT molecular complexity index is 801. The molecule has 2 rings (SSSR count). The van der Waals surface area contributed by atoms with Crippen LogP contribution in [0, 0.1) is 0 Å². The number of likely N-dealkylation sites (N-methyl/N-ethyl adjacent to an activating group) is 1. The molecule has 1 aliphatic heterocycles. The minimum absolute atomic E-state index is 0.0693. The Morgan fingerprint density at radius 3 is 2.24 bits per heavy atom. The summed E-state index contributed by atoms with van der Waals surface area (Å²) in [4.78, 5) is 28.8. The molecule has 186 valence electrons. The summed E-state index contributed by atoms with van der Waals surface area (Å²) in [6.07, 6.45) is -0.226. The molecule has 0 aromatic heterocycles. The van der Waals surface area contributed by atoms with Crippen LogP contribution in [0.2, 0.25) is 18.1 Å². The van der Waals surface area contributed by atoms with Crippen molar-refractivity contribution in [3.63, 3.8) is 0 Å². The van der Waals surface area contributed by atoms with Crippen LogP contribution in [0.15, 0.2) is 30.3 Å². The number of rotatable bonds is 6. The van der Waals surface area contributed by atoms with E-state index in [-0.39, 0.29) is 29.9 Å². The molecule has 0 unspecified atom stereocenters. The molecule has 0 aliphatic carbocycles. The lowest BCUT2D eigenvalue weighted by Crippen LogP contribution is -2.46. The maximum atomic E-state index is 13.0. The third-order valence-corrected chi connectivity index (χ3v) is 10.8. The van der Waals surface area contributed by atoms with Gasteiger partial charge >= 0.3 is 12.2 Å². The third kappa shape index (κ3) is 8.03. The number of ether oxygens (including phenoxy) is 2. The van der Waals surface area contributed by atoms with Gasteiger partial charge in [-0.15, -0.1) is 0 Å². The van der Waals surface area contributed by atoms with Gasteiger partial charge in [-0.05, 0) is 50.9 Å². The van der Waals surface area contributed by atoms with E-state index < -0.39 is 20.0 Å². The summed E-state index contributed by atoms with van der Waals surface area (Å²) >= 11 is 0. The summed E-state index contributed by atoms with van der Waals surface area (Å²) < 4.78 is 17.7. The van der Waals surface area contributed by atoms with Gasteiger partial charge in [0.2, 0.25) is 0 Å². The van der Waals surface area contributed by atoms with Gasteiger partial charge in [0.1, 0.15) is 12.2 Å². The van der Waals surface area contributed by atoms with Gasteiger partial charge in [-0.3, -0.25) is 0 Å². The highest BCUT2D eigenvalue weighted by molar-refractivity contribution is 6.74. The molecule has 1 aliphatic rings. The molecule has 7 nitrogen and oxygen atoms in total. The van der Waals surface area contributed by atoms with Gasteiger partial charge in [0.25, 0.3) is 0 Å². The highest BCUT2D eigenvalue weighted by atomic mass is 28.4. The predicted molar refractivity (Wildman–Crippen MR) is 133 cm³/mol. The van der Waals surface area contributed by atoms with Crippen molar-refractivity contribution in [1.82, 2.24) is 9.80 Å². The van der Waals surface area contributed by atoms with E-state index in [4.69, 9.17) is 13.9 Å². The van der Waals surface area contributed by atoms with Crippen LogP contribution < -0.4 is 0 Å². The monoisotopic (exact) mass is 478 g/mol. The van der Waals surface area contributed by atoms with E-state index in [2.05, 4.69) is 33.9 Å². The van der Waals surface area contributed by atoms with Gasteiger partial charge in [-0.1, -0.05) is 51.1 Å². The summed E-state index contributed by atoms with van der Waals surface area (Å²) in [5, 5.41) is 0.0693. The molecular weight excluding hydrogens is 436 g/mol. The van der Waals surface area contributed by atoms with E-state index in [0.717, 1.165) is 5.56 Å². The van der Waals surface area contributed by atoms with Crippen molar-refractivity contribution in [3.05, 3.63) is 35.9 Å². The van der Waals surface area contributed by atoms with Gasteiger partial charge in [-0.25, -0.2) is 9.59 Å². The third-order valence-electron chi connectivity index (χ3n) is 6.27. The first-order chi connectivity index (χ1) is 15.1. The topological polar surface area (TPSA) is 68.3 Å². The molecule has 33 heavy (non-hydrogen) atoms. The summed E-state index contributed by atoms with van der Waals surface area (Å²) in [6.45, 7) is 17.6. The molecule has 1 heterocycles. The van der Waals surface area contributed by atoms with E-state index in [1.54, 1.807) is 11.9 Å². The van der Waals surface area contributed by atoms with Crippen LogP contribution in [0.4, 0.5) is 9.59 Å². The lowest BCUT2D eigenvalue weighted by Gasteiger charge is -2.38. The van der Waals surface area contributed by atoms with E-state index in [9.17, 15) is 9.59 Å². The first-order valence-electron chi connectivity index (χ1n) is 11.7. The van der Waals surface area contributed by atoms with Crippen molar-refractivity contribution in [2.24, 2.45) is 0 Å². The average Bonchev–Trinajstić information content (AvgIpc) is 3.06. The van der Waals surface area contributed by atoms with Gasteiger partial charge in [-0.2, -0.15) is 0 Å². The minimum atomic E-state index is -2.01. The molecule has 1 fully saturated rings. The fourth-order valence-corrected chi connectivity index (χ4v) is 4.85. The number of amides is 2. The molecule has 1 saturated heterocycles. The summed E-state index contributed by atoms with van der Waals surface area (Å²) in [5.41, 5.74) is 0.332. The Kier molecular flexibility index (Phi) is 8.62. The minimum Gasteiger partial charge on any atom is -0.445 e. The Balaban J connectivity index is 2.07. The Morgan fingerprint density at radius 2 is 1.70 bits per heavy atom. The Hall–Kier alpha value is -2.06. The smallest absolute Gasteiger partial charge is 0.410 e. The first-order valence-corrected chi connectivity index (χ1v) is 14.6. The molecule has 0 radical (unpaired) electrons. The van der Waals surface area contributed by atoms with Crippen LogP contribution in [-0.4, -0.2) is 68.2 Å². The molecule has 1 aromatic rings. The van der Waals surface area contributed by atoms with Crippen LogP contribution in [-0.2, 0) is 20.5 Å². The number of hydrogen-bond acceptors (Lipinski definition) is 5. The number of carbonyl (C=O) groups is 2. The molecule has 0 N–H and O–H groups in total. The fraction of sp³-hybridized carbons (Fsp3) is 0.680. The second-order valence-corrected chi connectivity index (χ2v) is 16.2. The molecular formula is C25H42N2O5Si. The number of likely N-dealkylation sites (tertiary alicyclic amines) is 1. The van der Waals surface area contributed by atoms with Crippen LogP contribution in [0.5, 0.6) is 0 Å². The standard InChI is InChI=1S/C25H42N2O5Si/c1-24(2,3)31-23(29)27-17-21(32-33(8,9)25(4,5)6)15-20(27)16-26(7)22(28)30-18-19-13-11-10-12-14-19/h10-14,20-21H,15-18H2,1-9H3/t20-,21+/m0/s1. The Labute approximate surface area is 200 Å². The van der Waals surface area contributed by atoms with Gasteiger partial charge in [0.05, 0.1) is 12.1 Å². The molecule has 0 saturated carbocycles. The fourth-order valence-electron chi connectivity index (χ4n) is 3.49. The second-order valence-electron chi connectivity index (χ2n) is 11.4. The Morgan fingerprint density at radius 1 is 1.09 bits per heavy atom. The maximum absolute atomic E-state index is 13.0. The molecule has 2 atom stereocenters. The number of nitrogens with zero attached hydrogens (tertiary/aromatic N) is 2. The molecule has 1 aromatic carbocycles. The zero-order valence-corrected chi connectivity index (χ0v) is 22.8. The van der Waals surface area contributed by atoms with Crippen LogP contribution in [0.3, 0.4) is 0 Å². The van der Waals surface area contributed by atoms with Crippen LogP contribution >= 0.6 is 0 Å². The zero-order chi connectivity index (χ0) is 25.0. The lowest BCUT2D eigenvalue weighted by atomic mass is 10.2. The van der Waals surface area contributed by atoms with Crippen molar-refractivity contribution in [3.8, 4) is 0 Å². The quantitative estimate of drug-likeness (QED) is 0.494. The number of hydrogen-bond donors (Lipinski definition) is 0. The highest BCUT2D eigenvalue weighted by Gasteiger charge is 2.44. The van der Waals surface area contributed by atoms with E-state index >= 15 is 0 Å².